The minimum Gasteiger partial charge on any atom is -0.347 e. The normalized spacial score (nSPS) is 10.6. The van der Waals surface area contributed by atoms with Crippen LogP contribution in [-0.4, -0.2) is 15.7 Å². The standard InChI is InChI=1S/C18H15F2N3O/c1-23-17(13-5-3-7-15(20)9-13)10-16(22-23)18(24)21-11-12-4-2-6-14(19)8-12/h2-10H,11H2,1H3,(H,21,24). The number of carbonyl (C=O) groups excluding carboxylic acids is 1. The smallest absolute Gasteiger partial charge is 0.272 e. The summed E-state index contributed by atoms with van der Waals surface area (Å²) in [5.41, 5.74) is 2.14. The Bertz CT molecular complexity index is 889. The van der Waals surface area contributed by atoms with E-state index in [4.69, 9.17) is 0 Å². The van der Waals surface area contributed by atoms with Crippen LogP contribution < -0.4 is 5.32 Å². The first-order chi connectivity index (χ1) is 11.5. The molecule has 1 heterocycles. The molecular formula is C18H15F2N3O. The van der Waals surface area contributed by atoms with Gasteiger partial charge in [0.25, 0.3) is 5.91 Å². The number of hydrogen-bond acceptors (Lipinski definition) is 2. The highest BCUT2D eigenvalue weighted by molar-refractivity contribution is 5.93. The Labute approximate surface area is 137 Å². The van der Waals surface area contributed by atoms with Crippen LogP contribution in [0.2, 0.25) is 0 Å². The summed E-state index contributed by atoms with van der Waals surface area (Å²) < 4.78 is 28.0. The highest BCUT2D eigenvalue weighted by atomic mass is 19.1. The van der Waals surface area contributed by atoms with Gasteiger partial charge in [-0.05, 0) is 35.9 Å². The maximum atomic E-state index is 13.4. The van der Waals surface area contributed by atoms with E-state index in [1.807, 2.05) is 0 Å². The lowest BCUT2D eigenvalue weighted by Crippen LogP contribution is -2.23. The molecule has 0 fully saturated rings. The molecule has 122 valence electrons. The molecule has 3 rings (SSSR count). The molecule has 4 nitrogen and oxygen atoms in total. The summed E-state index contributed by atoms with van der Waals surface area (Å²) in [6.07, 6.45) is 0. The second kappa shape index (κ2) is 6.62. The van der Waals surface area contributed by atoms with E-state index < -0.39 is 0 Å². The van der Waals surface area contributed by atoms with Crippen LogP contribution in [0.1, 0.15) is 16.1 Å². The average Bonchev–Trinajstić information content (AvgIpc) is 2.95. The number of nitrogens with zero attached hydrogens (tertiary/aromatic N) is 2. The Morgan fingerprint density at radius 2 is 1.79 bits per heavy atom. The third-order valence-corrected chi connectivity index (χ3v) is 3.57. The molecular weight excluding hydrogens is 312 g/mol. The second-order valence-corrected chi connectivity index (χ2v) is 5.36. The lowest BCUT2D eigenvalue weighted by Gasteiger charge is -2.03. The van der Waals surface area contributed by atoms with Crippen molar-refractivity contribution in [3.05, 3.63) is 77.5 Å². The molecule has 1 aromatic heterocycles. The van der Waals surface area contributed by atoms with E-state index in [9.17, 15) is 13.6 Å². The lowest BCUT2D eigenvalue weighted by molar-refractivity contribution is 0.0945. The molecule has 0 saturated heterocycles. The predicted octanol–water partition coefficient (Wildman–Crippen LogP) is 3.30. The van der Waals surface area contributed by atoms with Gasteiger partial charge in [-0.15, -0.1) is 0 Å². The maximum Gasteiger partial charge on any atom is 0.272 e. The van der Waals surface area contributed by atoms with Gasteiger partial charge in [0.15, 0.2) is 5.69 Å². The molecule has 3 aromatic rings. The Morgan fingerprint density at radius 3 is 2.50 bits per heavy atom. The third kappa shape index (κ3) is 3.48. The summed E-state index contributed by atoms with van der Waals surface area (Å²) in [7, 11) is 1.68. The number of benzene rings is 2. The van der Waals surface area contributed by atoms with E-state index in [-0.39, 0.29) is 29.8 Å². The zero-order valence-electron chi connectivity index (χ0n) is 13.0. The van der Waals surface area contributed by atoms with Gasteiger partial charge in [-0.2, -0.15) is 5.10 Å². The number of aryl methyl sites for hydroxylation is 1. The third-order valence-electron chi connectivity index (χ3n) is 3.57. The molecule has 1 N–H and O–H groups in total. The van der Waals surface area contributed by atoms with Crippen molar-refractivity contribution in [1.82, 2.24) is 15.1 Å². The van der Waals surface area contributed by atoms with Gasteiger partial charge in [0, 0.05) is 19.2 Å². The van der Waals surface area contributed by atoms with Gasteiger partial charge in [0.1, 0.15) is 11.6 Å². The van der Waals surface area contributed by atoms with Crippen molar-refractivity contribution >= 4 is 5.91 Å². The zero-order chi connectivity index (χ0) is 17.1. The van der Waals surface area contributed by atoms with Crippen molar-refractivity contribution in [2.45, 2.75) is 6.54 Å². The maximum absolute atomic E-state index is 13.4. The van der Waals surface area contributed by atoms with Crippen LogP contribution in [0.3, 0.4) is 0 Å². The Hall–Kier alpha value is -3.02. The molecule has 0 radical (unpaired) electrons. The Kier molecular flexibility index (Phi) is 4.37. The van der Waals surface area contributed by atoms with Crippen molar-refractivity contribution in [2.24, 2.45) is 7.05 Å². The number of aromatic nitrogens is 2. The molecule has 0 spiro atoms. The van der Waals surface area contributed by atoms with E-state index in [1.54, 1.807) is 37.4 Å². The molecule has 1 amide bonds. The average molecular weight is 327 g/mol. The molecule has 0 saturated carbocycles. The molecule has 0 aliphatic rings. The highest BCUT2D eigenvalue weighted by Gasteiger charge is 2.14. The minimum absolute atomic E-state index is 0.197. The van der Waals surface area contributed by atoms with Gasteiger partial charge >= 0.3 is 0 Å². The van der Waals surface area contributed by atoms with Crippen LogP contribution >= 0.6 is 0 Å². The fourth-order valence-electron chi connectivity index (χ4n) is 2.42. The first-order valence-corrected chi connectivity index (χ1v) is 7.35. The SMILES string of the molecule is Cn1nc(C(=O)NCc2cccc(F)c2)cc1-c1cccc(F)c1. The van der Waals surface area contributed by atoms with Crippen molar-refractivity contribution < 1.29 is 13.6 Å². The number of rotatable bonds is 4. The van der Waals surface area contributed by atoms with Gasteiger partial charge in [-0.3, -0.25) is 9.48 Å². The van der Waals surface area contributed by atoms with Crippen molar-refractivity contribution in [1.29, 1.82) is 0 Å². The number of nitrogens with one attached hydrogen (secondary N) is 1. The molecule has 24 heavy (non-hydrogen) atoms. The number of halogens is 2. The van der Waals surface area contributed by atoms with Crippen molar-refractivity contribution in [3.63, 3.8) is 0 Å². The summed E-state index contributed by atoms with van der Waals surface area (Å²) in [4.78, 5) is 12.2. The molecule has 0 unspecified atom stereocenters. The lowest BCUT2D eigenvalue weighted by atomic mass is 10.1. The van der Waals surface area contributed by atoms with Gasteiger partial charge in [-0.25, -0.2) is 8.78 Å². The molecule has 0 aliphatic heterocycles. The summed E-state index contributed by atoms with van der Waals surface area (Å²) in [6, 6.07) is 13.7. The zero-order valence-corrected chi connectivity index (χ0v) is 13.0. The van der Waals surface area contributed by atoms with Gasteiger partial charge in [-0.1, -0.05) is 24.3 Å². The number of hydrogen-bond donors (Lipinski definition) is 1. The second-order valence-electron chi connectivity index (χ2n) is 5.36. The Balaban J connectivity index is 1.75. The van der Waals surface area contributed by atoms with Crippen molar-refractivity contribution in [3.8, 4) is 11.3 Å². The van der Waals surface area contributed by atoms with E-state index in [2.05, 4.69) is 10.4 Å². The molecule has 0 bridgehead atoms. The number of amides is 1. The van der Waals surface area contributed by atoms with Crippen LogP contribution in [0.15, 0.2) is 54.6 Å². The number of carbonyl (C=O) groups is 1. The first-order valence-electron chi connectivity index (χ1n) is 7.35. The topological polar surface area (TPSA) is 46.9 Å². The molecule has 0 atom stereocenters. The summed E-state index contributed by atoms with van der Waals surface area (Å²) in [5, 5.41) is 6.84. The van der Waals surface area contributed by atoms with Crippen LogP contribution in [-0.2, 0) is 13.6 Å². The van der Waals surface area contributed by atoms with Crippen molar-refractivity contribution in [2.75, 3.05) is 0 Å². The predicted molar refractivity (Wildman–Crippen MR) is 86.2 cm³/mol. The van der Waals surface area contributed by atoms with E-state index in [0.717, 1.165) is 0 Å². The minimum atomic E-state index is -0.377. The van der Waals surface area contributed by atoms with E-state index in [1.165, 1.54) is 28.9 Å². The Morgan fingerprint density at radius 1 is 1.08 bits per heavy atom. The molecule has 2 aromatic carbocycles. The summed E-state index contributed by atoms with van der Waals surface area (Å²) in [5.74, 6) is -1.09. The summed E-state index contributed by atoms with van der Waals surface area (Å²) >= 11 is 0. The van der Waals surface area contributed by atoms with Gasteiger partial charge in [0.2, 0.25) is 0 Å². The summed E-state index contributed by atoms with van der Waals surface area (Å²) in [6.45, 7) is 0.197. The first kappa shape index (κ1) is 15.9. The quantitative estimate of drug-likeness (QED) is 0.799. The van der Waals surface area contributed by atoms with Crippen LogP contribution in [0.4, 0.5) is 8.78 Å². The fourth-order valence-corrected chi connectivity index (χ4v) is 2.42. The molecule has 0 aliphatic carbocycles. The largest absolute Gasteiger partial charge is 0.347 e. The fraction of sp³-hybridized carbons (Fsp3) is 0.111. The van der Waals surface area contributed by atoms with E-state index in [0.29, 0.717) is 16.8 Å². The van der Waals surface area contributed by atoms with E-state index >= 15 is 0 Å². The highest BCUT2D eigenvalue weighted by Crippen LogP contribution is 2.20. The van der Waals surface area contributed by atoms with Crippen LogP contribution in [0.25, 0.3) is 11.3 Å². The van der Waals surface area contributed by atoms with Gasteiger partial charge in [0.05, 0.1) is 5.69 Å². The monoisotopic (exact) mass is 327 g/mol. The van der Waals surface area contributed by atoms with Crippen LogP contribution in [0, 0.1) is 11.6 Å². The van der Waals surface area contributed by atoms with Crippen LogP contribution in [0.5, 0.6) is 0 Å². The van der Waals surface area contributed by atoms with Gasteiger partial charge < -0.3 is 5.32 Å². The molecule has 6 heteroatoms.